The summed E-state index contributed by atoms with van der Waals surface area (Å²) in [6, 6.07) is 1.50. The predicted molar refractivity (Wildman–Crippen MR) is 66.7 cm³/mol. The maximum Gasteiger partial charge on any atom is 0.303 e. The van der Waals surface area contributed by atoms with Gasteiger partial charge < -0.3 is 9.67 Å². The first-order chi connectivity index (χ1) is 8.12. The smallest absolute Gasteiger partial charge is 0.303 e. The van der Waals surface area contributed by atoms with E-state index in [0.29, 0.717) is 0 Å². The number of aromatic nitrogens is 1. The van der Waals surface area contributed by atoms with Gasteiger partial charge in [-0.2, -0.15) is 0 Å². The van der Waals surface area contributed by atoms with Crippen molar-refractivity contribution in [2.24, 2.45) is 7.05 Å². The maximum atomic E-state index is 12.0. The Morgan fingerprint density at radius 1 is 1.50 bits per heavy atom. The van der Waals surface area contributed by atoms with Gasteiger partial charge in [-0.25, -0.2) is 13.1 Å². The van der Waals surface area contributed by atoms with Gasteiger partial charge in [-0.1, -0.05) is 0 Å². The number of hydrogen-bond acceptors (Lipinski definition) is 3. The lowest BCUT2D eigenvalue weighted by molar-refractivity contribution is -0.137. The Bertz CT molecular complexity index is 531. The molecule has 102 valence electrons. The molecule has 0 aliphatic carbocycles. The van der Waals surface area contributed by atoms with Crippen LogP contribution in [0.15, 0.2) is 23.4 Å². The van der Waals surface area contributed by atoms with Crippen LogP contribution in [0.3, 0.4) is 0 Å². The van der Waals surface area contributed by atoms with Crippen molar-refractivity contribution in [3.63, 3.8) is 0 Å². The zero-order chi connectivity index (χ0) is 14.0. The van der Waals surface area contributed by atoms with Gasteiger partial charge in [0.25, 0.3) is 0 Å². The molecule has 0 aromatic carbocycles. The Labute approximate surface area is 107 Å². The lowest BCUT2D eigenvalue weighted by Crippen LogP contribution is -2.43. The van der Waals surface area contributed by atoms with E-state index in [9.17, 15) is 13.2 Å². The van der Waals surface area contributed by atoms with Gasteiger partial charge in [0.05, 0.1) is 4.90 Å². The van der Waals surface area contributed by atoms with Gasteiger partial charge in [0.15, 0.2) is 0 Å². The van der Waals surface area contributed by atoms with Gasteiger partial charge in [0.1, 0.15) is 0 Å². The third-order valence-corrected chi connectivity index (χ3v) is 4.17. The molecule has 1 heterocycles. The van der Waals surface area contributed by atoms with Crippen LogP contribution in [0.5, 0.6) is 0 Å². The minimum absolute atomic E-state index is 0.0791. The molecule has 0 aliphatic heterocycles. The van der Waals surface area contributed by atoms with Gasteiger partial charge in [-0.05, 0) is 26.3 Å². The minimum atomic E-state index is -3.61. The third-order valence-electron chi connectivity index (χ3n) is 2.49. The quantitative estimate of drug-likeness (QED) is 0.808. The monoisotopic (exact) mass is 274 g/mol. The summed E-state index contributed by atoms with van der Waals surface area (Å²) in [5.41, 5.74) is -0.799. The number of nitrogens with zero attached hydrogens (tertiary/aromatic N) is 1. The Kier molecular flexibility index (Phi) is 4.18. The van der Waals surface area contributed by atoms with Crippen LogP contribution in [0, 0.1) is 0 Å². The van der Waals surface area contributed by atoms with E-state index in [-0.39, 0.29) is 17.7 Å². The van der Waals surface area contributed by atoms with Gasteiger partial charge in [-0.3, -0.25) is 4.79 Å². The number of nitrogens with one attached hydrogen (secondary N) is 1. The third kappa shape index (κ3) is 4.15. The van der Waals surface area contributed by atoms with Crippen molar-refractivity contribution in [2.45, 2.75) is 37.1 Å². The van der Waals surface area contributed by atoms with E-state index in [0.717, 1.165) is 0 Å². The first-order valence-corrected chi connectivity index (χ1v) is 6.98. The molecule has 6 nitrogen and oxygen atoms in total. The summed E-state index contributed by atoms with van der Waals surface area (Å²) < 4.78 is 28.2. The largest absolute Gasteiger partial charge is 0.481 e. The van der Waals surface area contributed by atoms with Gasteiger partial charge in [-0.15, -0.1) is 0 Å². The highest BCUT2D eigenvalue weighted by Gasteiger charge is 2.27. The van der Waals surface area contributed by atoms with Gasteiger partial charge in [0.2, 0.25) is 10.0 Å². The second kappa shape index (κ2) is 5.11. The number of sulfonamides is 1. The topological polar surface area (TPSA) is 88.4 Å². The molecule has 0 amide bonds. The van der Waals surface area contributed by atoms with Crippen molar-refractivity contribution in [1.29, 1.82) is 0 Å². The van der Waals surface area contributed by atoms with Gasteiger partial charge in [0, 0.05) is 31.4 Å². The summed E-state index contributed by atoms with van der Waals surface area (Å²) in [5.74, 6) is -0.943. The fourth-order valence-corrected chi connectivity index (χ4v) is 3.02. The fourth-order valence-electron chi connectivity index (χ4n) is 1.53. The molecule has 1 aromatic heterocycles. The number of carbonyl (C=O) groups is 1. The van der Waals surface area contributed by atoms with Crippen molar-refractivity contribution in [2.75, 3.05) is 0 Å². The molecule has 0 radical (unpaired) electrons. The summed E-state index contributed by atoms with van der Waals surface area (Å²) >= 11 is 0. The van der Waals surface area contributed by atoms with Crippen molar-refractivity contribution < 1.29 is 18.3 Å². The highest BCUT2D eigenvalue weighted by Crippen LogP contribution is 2.17. The normalized spacial score (nSPS) is 12.6. The van der Waals surface area contributed by atoms with E-state index < -0.39 is 21.5 Å². The molecular formula is C11H18N2O4S. The Hall–Kier alpha value is -1.34. The summed E-state index contributed by atoms with van der Waals surface area (Å²) in [4.78, 5) is 10.7. The summed E-state index contributed by atoms with van der Waals surface area (Å²) in [6.45, 7) is 3.33. The number of hydrogen-bond donors (Lipinski definition) is 2. The van der Waals surface area contributed by atoms with E-state index in [1.165, 1.54) is 12.3 Å². The molecule has 7 heteroatoms. The summed E-state index contributed by atoms with van der Waals surface area (Å²) in [5, 5.41) is 8.61. The van der Waals surface area contributed by atoms with Gasteiger partial charge >= 0.3 is 5.97 Å². The highest BCUT2D eigenvalue weighted by atomic mass is 32.2. The van der Waals surface area contributed by atoms with E-state index in [1.807, 2.05) is 0 Å². The standard InChI is InChI=1S/C11H18N2O4S/c1-11(2,6-4-10(14)15)12-18(16,17)9-5-7-13(3)8-9/h5,7-8,12H,4,6H2,1-3H3,(H,14,15). The highest BCUT2D eigenvalue weighted by molar-refractivity contribution is 7.89. The molecule has 2 N–H and O–H groups in total. The van der Waals surface area contributed by atoms with Crippen molar-refractivity contribution in [1.82, 2.24) is 9.29 Å². The van der Waals surface area contributed by atoms with E-state index in [1.54, 1.807) is 31.7 Å². The van der Waals surface area contributed by atoms with Crippen molar-refractivity contribution in [3.05, 3.63) is 18.5 Å². The molecule has 0 fully saturated rings. The van der Waals surface area contributed by atoms with Crippen LogP contribution in [0.4, 0.5) is 0 Å². The molecule has 0 unspecified atom stereocenters. The number of carboxylic acid groups (broad SMARTS) is 1. The molecular weight excluding hydrogens is 256 g/mol. The summed E-state index contributed by atoms with van der Waals surface area (Å²) in [6.07, 6.45) is 3.28. The number of carboxylic acids is 1. The van der Waals surface area contributed by atoms with Crippen molar-refractivity contribution >= 4 is 16.0 Å². The van der Waals surface area contributed by atoms with Crippen molar-refractivity contribution in [3.8, 4) is 0 Å². The van der Waals surface area contributed by atoms with Crippen LogP contribution in [0.2, 0.25) is 0 Å². The molecule has 0 spiro atoms. The van der Waals surface area contributed by atoms with Crippen LogP contribution in [0.1, 0.15) is 26.7 Å². The second-order valence-corrected chi connectivity index (χ2v) is 6.58. The lowest BCUT2D eigenvalue weighted by Gasteiger charge is -2.24. The Morgan fingerprint density at radius 2 is 2.11 bits per heavy atom. The Balaban J connectivity index is 2.79. The SMILES string of the molecule is Cn1ccc(S(=O)(=O)NC(C)(C)CCC(=O)O)c1. The lowest BCUT2D eigenvalue weighted by atomic mass is 10.0. The van der Waals surface area contributed by atoms with Crippen LogP contribution < -0.4 is 4.72 Å². The van der Waals surface area contributed by atoms with E-state index in [2.05, 4.69) is 4.72 Å². The fraction of sp³-hybridized carbons (Fsp3) is 0.545. The molecule has 1 rings (SSSR count). The molecule has 0 bridgehead atoms. The van der Waals surface area contributed by atoms with Crippen LogP contribution in [-0.4, -0.2) is 29.6 Å². The first-order valence-electron chi connectivity index (χ1n) is 5.50. The number of rotatable bonds is 6. The van der Waals surface area contributed by atoms with Crippen LogP contribution >= 0.6 is 0 Å². The van der Waals surface area contributed by atoms with Crippen LogP contribution in [0.25, 0.3) is 0 Å². The molecule has 1 aromatic rings. The van der Waals surface area contributed by atoms with Crippen LogP contribution in [-0.2, 0) is 21.9 Å². The first kappa shape index (κ1) is 14.7. The predicted octanol–water partition coefficient (Wildman–Crippen LogP) is 0.947. The second-order valence-electron chi connectivity index (χ2n) is 4.90. The minimum Gasteiger partial charge on any atom is -0.481 e. The molecule has 0 saturated carbocycles. The number of aryl methyl sites for hydroxylation is 1. The summed E-state index contributed by atoms with van der Waals surface area (Å²) in [7, 11) is -1.88. The zero-order valence-corrected chi connectivity index (χ0v) is 11.5. The zero-order valence-electron chi connectivity index (χ0n) is 10.7. The van der Waals surface area contributed by atoms with E-state index >= 15 is 0 Å². The molecule has 18 heavy (non-hydrogen) atoms. The molecule has 0 aliphatic rings. The maximum absolute atomic E-state index is 12.0. The average Bonchev–Trinajstić information content (AvgIpc) is 2.61. The van der Waals surface area contributed by atoms with E-state index in [4.69, 9.17) is 5.11 Å². The Morgan fingerprint density at radius 3 is 2.56 bits per heavy atom. The average molecular weight is 274 g/mol. The molecule has 0 saturated heterocycles. The molecule has 0 atom stereocenters. The number of aliphatic carboxylic acids is 1.